The van der Waals surface area contributed by atoms with Gasteiger partial charge in [0.15, 0.2) is 5.75 Å². The third-order valence-corrected chi connectivity index (χ3v) is 2.39. The molecule has 0 atom stereocenters. The topological polar surface area (TPSA) is 65.2 Å². The van der Waals surface area contributed by atoms with Gasteiger partial charge in [0.2, 0.25) is 0 Å². The molecule has 1 fully saturated rings. The Balaban J connectivity index is 2.38. The molecule has 1 saturated carbocycles. The Kier molecular flexibility index (Phi) is 2.58. The van der Waals surface area contributed by atoms with E-state index in [1.54, 1.807) is 12.3 Å². The number of rotatable bonds is 4. The lowest BCUT2D eigenvalue weighted by molar-refractivity contribution is 0.0995. The maximum atomic E-state index is 11.2. The zero-order chi connectivity index (χ0) is 10.8. The molecule has 0 saturated heterocycles. The monoisotopic (exact) mass is 206 g/mol. The summed E-state index contributed by atoms with van der Waals surface area (Å²) >= 11 is 0. The van der Waals surface area contributed by atoms with Crippen molar-refractivity contribution in [1.29, 1.82) is 0 Å². The van der Waals surface area contributed by atoms with E-state index in [4.69, 9.17) is 10.5 Å². The van der Waals surface area contributed by atoms with Gasteiger partial charge in [0, 0.05) is 6.20 Å². The Labute approximate surface area is 88.4 Å². The van der Waals surface area contributed by atoms with Crippen molar-refractivity contribution in [3.05, 3.63) is 23.5 Å². The number of carbonyl (C=O) groups is 1. The predicted molar refractivity (Wildman–Crippen MR) is 55.8 cm³/mol. The highest BCUT2D eigenvalue weighted by molar-refractivity contribution is 5.95. The molecule has 2 N–H and O–H groups in total. The van der Waals surface area contributed by atoms with Crippen LogP contribution >= 0.6 is 0 Å². The van der Waals surface area contributed by atoms with Gasteiger partial charge in [-0.25, -0.2) is 0 Å². The maximum Gasteiger partial charge on any atom is 0.252 e. The number of hydrogen-bond donors (Lipinski definition) is 1. The van der Waals surface area contributed by atoms with E-state index in [9.17, 15) is 4.79 Å². The van der Waals surface area contributed by atoms with Crippen molar-refractivity contribution in [2.45, 2.75) is 32.3 Å². The van der Waals surface area contributed by atoms with E-state index in [0.717, 1.165) is 25.0 Å². The molecule has 0 aromatic carbocycles. The van der Waals surface area contributed by atoms with Crippen LogP contribution in [0.4, 0.5) is 0 Å². The van der Waals surface area contributed by atoms with Crippen LogP contribution in [0.5, 0.6) is 5.75 Å². The average Bonchev–Trinajstić information content (AvgIpc) is 3.01. The van der Waals surface area contributed by atoms with E-state index < -0.39 is 5.91 Å². The van der Waals surface area contributed by atoms with E-state index in [2.05, 4.69) is 4.98 Å². The first-order chi connectivity index (χ1) is 7.22. The average molecular weight is 206 g/mol. The quantitative estimate of drug-likeness (QED) is 0.807. The summed E-state index contributed by atoms with van der Waals surface area (Å²) in [6.45, 7) is 1.98. The van der Waals surface area contributed by atoms with Crippen LogP contribution in [0, 0.1) is 0 Å². The summed E-state index contributed by atoms with van der Waals surface area (Å²) in [5.74, 6) is 0.123. The Hall–Kier alpha value is -1.58. The van der Waals surface area contributed by atoms with Crippen LogP contribution in [-0.4, -0.2) is 17.0 Å². The fraction of sp³-hybridized carbons (Fsp3) is 0.455. The number of nitrogens with two attached hydrogens (primary N) is 1. The molecule has 1 aromatic rings. The van der Waals surface area contributed by atoms with Crippen LogP contribution in [0.25, 0.3) is 0 Å². The summed E-state index contributed by atoms with van der Waals surface area (Å²) < 4.78 is 5.68. The SMILES string of the molecule is CCc1nccc(C(N)=O)c1OC1CC1. The lowest BCUT2D eigenvalue weighted by Gasteiger charge is -2.11. The number of hydrogen-bond acceptors (Lipinski definition) is 3. The van der Waals surface area contributed by atoms with E-state index in [1.165, 1.54) is 0 Å². The molecule has 4 nitrogen and oxygen atoms in total. The summed E-state index contributed by atoms with van der Waals surface area (Å²) in [5.41, 5.74) is 6.53. The van der Waals surface area contributed by atoms with Crippen LogP contribution in [0.1, 0.15) is 35.8 Å². The minimum Gasteiger partial charge on any atom is -0.488 e. The molecule has 1 aromatic heterocycles. The Morgan fingerprint density at radius 2 is 2.40 bits per heavy atom. The number of amides is 1. The number of aryl methyl sites for hydroxylation is 1. The molecule has 0 aliphatic heterocycles. The summed E-state index contributed by atoms with van der Waals surface area (Å²) in [5, 5.41) is 0. The molecule has 0 radical (unpaired) electrons. The third kappa shape index (κ3) is 2.09. The van der Waals surface area contributed by atoms with E-state index >= 15 is 0 Å². The molecule has 0 bridgehead atoms. The second-order valence-electron chi connectivity index (χ2n) is 3.67. The second-order valence-corrected chi connectivity index (χ2v) is 3.67. The molecular formula is C11H14N2O2. The molecular weight excluding hydrogens is 192 g/mol. The zero-order valence-corrected chi connectivity index (χ0v) is 8.69. The van der Waals surface area contributed by atoms with Crippen molar-refractivity contribution in [1.82, 2.24) is 4.98 Å². The van der Waals surface area contributed by atoms with Gasteiger partial charge in [-0.05, 0) is 25.3 Å². The van der Waals surface area contributed by atoms with Crippen molar-refractivity contribution in [2.24, 2.45) is 5.73 Å². The van der Waals surface area contributed by atoms with Crippen LogP contribution in [0.15, 0.2) is 12.3 Å². The minimum atomic E-state index is -0.456. The zero-order valence-electron chi connectivity index (χ0n) is 8.69. The number of ether oxygens (including phenoxy) is 1. The summed E-state index contributed by atoms with van der Waals surface area (Å²) in [7, 11) is 0. The van der Waals surface area contributed by atoms with Gasteiger partial charge in [0.25, 0.3) is 5.91 Å². The van der Waals surface area contributed by atoms with Crippen LogP contribution in [0.2, 0.25) is 0 Å². The van der Waals surface area contributed by atoms with Gasteiger partial charge < -0.3 is 10.5 Å². The minimum absolute atomic E-state index is 0.248. The normalized spacial score (nSPS) is 15.0. The van der Waals surface area contributed by atoms with Gasteiger partial charge in [0.05, 0.1) is 17.4 Å². The summed E-state index contributed by atoms with van der Waals surface area (Å²) in [6, 6.07) is 1.61. The molecule has 2 rings (SSSR count). The van der Waals surface area contributed by atoms with Gasteiger partial charge in [-0.1, -0.05) is 6.92 Å². The van der Waals surface area contributed by atoms with E-state index in [0.29, 0.717) is 11.3 Å². The number of pyridine rings is 1. The molecule has 15 heavy (non-hydrogen) atoms. The number of carbonyl (C=O) groups excluding carboxylic acids is 1. The highest BCUT2D eigenvalue weighted by atomic mass is 16.5. The van der Waals surface area contributed by atoms with Gasteiger partial charge in [-0.15, -0.1) is 0 Å². The second kappa shape index (κ2) is 3.88. The Bertz CT molecular complexity index is 386. The molecule has 1 aliphatic carbocycles. The van der Waals surface area contributed by atoms with Crippen LogP contribution in [-0.2, 0) is 6.42 Å². The van der Waals surface area contributed by atoms with Gasteiger partial charge in [-0.3, -0.25) is 9.78 Å². The lowest BCUT2D eigenvalue weighted by Crippen LogP contribution is -2.15. The fourth-order valence-corrected chi connectivity index (χ4v) is 1.42. The maximum absolute atomic E-state index is 11.2. The van der Waals surface area contributed by atoms with E-state index in [1.807, 2.05) is 6.92 Å². The van der Waals surface area contributed by atoms with Crippen LogP contribution in [0.3, 0.4) is 0 Å². The van der Waals surface area contributed by atoms with Crippen molar-refractivity contribution in [3.63, 3.8) is 0 Å². The first-order valence-electron chi connectivity index (χ1n) is 5.16. The highest BCUT2D eigenvalue weighted by Gasteiger charge is 2.26. The van der Waals surface area contributed by atoms with Gasteiger partial charge in [0.1, 0.15) is 0 Å². The molecule has 80 valence electrons. The fourth-order valence-electron chi connectivity index (χ4n) is 1.42. The summed E-state index contributed by atoms with van der Waals surface area (Å²) in [6.07, 6.45) is 4.69. The largest absolute Gasteiger partial charge is 0.488 e. The molecule has 4 heteroatoms. The highest BCUT2D eigenvalue weighted by Crippen LogP contribution is 2.31. The summed E-state index contributed by atoms with van der Waals surface area (Å²) in [4.78, 5) is 15.4. The Morgan fingerprint density at radius 1 is 1.67 bits per heavy atom. The number of primary amides is 1. The first kappa shape index (κ1) is 9.96. The van der Waals surface area contributed by atoms with Crippen LogP contribution < -0.4 is 10.5 Å². The van der Waals surface area contributed by atoms with E-state index in [-0.39, 0.29) is 6.10 Å². The first-order valence-corrected chi connectivity index (χ1v) is 5.16. The predicted octanol–water partition coefficient (Wildman–Crippen LogP) is 1.28. The van der Waals surface area contributed by atoms with Crippen molar-refractivity contribution in [3.8, 4) is 5.75 Å². The van der Waals surface area contributed by atoms with Crippen molar-refractivity contribution < 1.29 is 9.53 Å². The number of aromatic nitrogens is 1. The van der Waals surface area contributed by atoms with Gasteiger partial charge >= 0.3 is 0 Å². The Morgan fingerprint density at radius 3 is 2.93 bits per heavy atom. The third-order valence-electron chi connectivity index (χ3n) is 2.39. The molecule has 0 spiro atoms. The lowest BCUT2D eigenvalue weighted by atomic mass is 10.1. The van der Waals surface area contributed by atoms with Crippen molar-refractivity contribution in [2.75, 3.05) is 0 Å². The molecule has 1 aliphatic rings. The standard InChI is InChI=1S/C11H14N2O2/c1-2-9-10(15-7-3-4-7)8(11(12)14)5-6-13-9/h5-7H,2-4H2,1H3,(H2,12,14). The van der Waals surface area contributed by atoms with Gasteiger partial charge in [-0.2, -0.15) is 0 Å². The molecule has 0 unspecified atom stereocenters. The molecule has 1 amide bonds. The number of nitrogens with zero attached hydrogens (tertiary/aromatic N) is 1. The smallest absolute Gasteiger partial charge is 0.252 e. The van der Waals surface area contributed by atoms with Crippen molar-refractivity contribution >= 4 is 5.91 Å². The molecule has 1 heterocycles.